The molecule has 5 heterocycles. The smallest absolute Gasteiger partial charge is 0.275 e. The number of hydrogen-bond acceptors (Lipinski definition) is 15. The largest absolute Gasteiger partial charge is 0.507 e. The van der Waals surface area contributed by atoms with Crippen LogP contribution >= 0.6 is 0 Å². The summed E-state index contributed by atoms with van der Waals surface area (Å²) in [4.78, 5) is 27.6. The summed E-state index contributed by atoms with van der Waals surface area (Å²) in [5.41, 5.74) is 8.51. The number of phenols is 2. The summed E-state index contributed by atoms with van der Waals surface area (Å²) < 4.78 is 50.0. The molecule has 8 aromatic carbocycles. The second-order valence-electron chi connectivity index (χ2n) is 18.4. The van der Waals surface area contributed by atoms with E-state index < -0.39 is 0 Å². The van der Waals surface area contributed by atoms with Crippen molar-refractivity contribution in [3.63, 3.8) is 0 Å². The van der Waals surface area contributed by atoms with E-state index >= 15 is 0 Å². The van der Waals surface area contributed by atoms with E-state index in [4.69, 9.17) is 42.6 Å². The third kappa shape index (κ3) is 8.03. The van der Waals surface area contributed by atoms with Crippen LogP contribution < -0.4 is 42.6 Å². The van der Waals surface area contributed by atoms with Gasteiger partial charge in [0.25, 0.3) is 11.8 Å². The van der Waals surface area contributed by atoms with Crippen LogP contribution in [0, 0.1) is 6.92 Å². The number of aryl methyl sites for hydroxylation is 1. The van der Waals surface area contributed by atoms with E-state index in [1.165, 1.54) is 24.2 Å². The van der Waals surface area contributed by atoms with Crippen molar-refractivity contribution in [2.24, 2.45) is 10.2 Å². The Labute approximate surface area is 435 Å². The number of aromatic hydroxyl groups is 2. The second kappa shape index (κ2) is 19.0. The molecule has 0 atom stereocenters. The van der Waals surface area contributed by atoms with Crippen LogP contribution in [-0.4, -0.2) is 93.1 Å². The summed E-state index contributed by atoms with van der Waals surface area (Å²) in [5.74, 6) is 4.57. The van der Waals surface area contributed by atoms with Gasteiger partial charge in [-0.2, -0.15) is 10.2 Å². The lowest BCUT2D eigenvalue weighted by Gasteiger charge is -2.17. The van der Waals surface area contributed by atoms with Gasteiger partial charge in [-0.25, -0.2) is 10.0 Å². The minimum absolute atomic E-state index is 0.00225. The number of carbonyl (C=O) groups is 2. The van der Waals surface area contributed by atoms with Crippen molar-refractivity contribution >= 4 is 45.8 Å². The predicted molar refractivity (Wildman–Crippen MR) is 282 cm³/mol. The van der Waals surface area contributed by atoms with Gasteiger partial charge in [0.2, 0.25) is 13.6 Å². The van der Waals surface area contributed by atoms with Crippen molar-refractivity contribution in [1.82, 2.24) is 10.0 Å². The number of hydrogen-bond donors (Lipinski definition) is 2. The molecule has 17 nitrogen and oxygen atoms in total. The number of fused-ring (bicyclic) bond motifs is 7. The van der Waals surface area contributed by atoms with E-state index in [0.717, 1.165) is 45.6 Å². The minimum atomic E-state index is -0.321. The van der Waals surface area contributed by atoms with Gasteiger partial charge in [0.05, 0.1) is 71.7 Å². The summed E-state index contributed by atoms with van der Waals surface area (Å²) in [6.07, 6.45) is 4.17. The molecule has 0 bridgehead atoms. The van der Waals surface area contributed by atoms with Crippen molar-refractivity contribution in [2.45, 2.75) is 26.4 Å². The first-order valence-corrected chi connectivity index (χ1v) is 24.2. The SMILES string of the molecule is COc1cc2c(O)c3c(c(-c4ccc5c(c4)OCO5)c2cc1OC)C(=O)N(/N=C/c1ccc(C)cc1)C3.COc1cc2c(O)c3c(c(-c4ccc5c(c4)OCO5)c2cc1OC)C(=O)N(/N=C/c1ccc2c(c1)OCC2)C3. The molecule has 0 aliphatic carbocycles. The summed E-state index contributed by atoms with van der Waals surface area (Å²) >= 11 is 0. The molecule has 382 valence electrons. The van der Waals surface area contributed by atoms with Gasteiger partial charge in [0, 0.05) is 39.4 Å². The van der Waals surface area contributed by atoms with Crippen molar-refractivity contribution < 1.29 is 62.4 Å². The second-order valence-corrected chi connectivity index (χ2v) is 18.4. The van der Waals surface area contributed by atoms with E-state index in [0.29, 0.717) is 108 Å². The van der Waals surface area contributed by atoms with Gasteiger partial charge < -0.3 is 52.8 Å². The molecule has 5 aliphatic rings. The molecule has 0 spiro atoms. The van der Waals surface area contributed by atoms with Crippen LogP contribution in [0.2, 0.25) is 0 Å². The Bertz CT molecular complexity index is 3800. The highest BCUT2D eigenvalue weighted by atomic mass is 16.7. The van der Waals surface area contributed by atoms with E-state index in [1.54, 1.807) is 50.9 Å². The van der Waals surface area contributed by atoms with E-state index in [-0.39, 0.29) is 50.0 Å². The zero-order chi connectivity index (χ0) is 52.4. The van der Waals surface area contributed by atoms with Gasteiger partial charge in [-0.1, -0.05) is 54.1 Å². The molecule has 0 saturated heterocycles. The number of methoxy groups -OCH3 is 4. The molecule has 2 N–H and O–H groups in total. The standard InChI is InChI=1S/C30H24N2O7.C29H24N2O6/c1-35-24-11-19-20(12-25(24)36-2)29(33)21-14-32(31-13-16-3-4-17-7-8-37-23(17)9-16)30(34)28(21)27(19)18-5-6-22-26(10-18)39-15-38-22;1-16-4-6-17(7-5-16)13-30-31-14-21-27(29(31)33)26(18-8-9-22-25(10-18)37-15-36-22)19-11-23(34-2)24(35-3)12-20(19)28(21)32/h3-6,9-13,33H,7-8,14-15H2,1-2H3;4-13,32H,14-15H2,1-3H3/b31-13+;30-13+. The quantitative estimate of drug-likeness (QED) is 0.123. The van der Waals surface area contributed by atoms with Crippen LogP contribution in [0.5, 0.6) is 63.2 Å². The average molecular weight is 1020 g/mol. The molecular formula is C59H48N4O13. The van der Waals surface area contributed by atoms with Gasteiger partial charge in [0.15, 0.2) is 46.0 Å². The van der Waals surface area contributed by atoms with Crippen molar-refractivity contribution in [2.75, 3.05) is 48.6 Å². The first kappa shape index (κ1) is 47.4. The third-order valence-electron chi connectivity index (χ3n) is 14.1. The minimum Gasteiger partial charge on any atom is -0.507 e. The van der Waals surface area contributed by atoms with E-state index in [9.17, 15) is 19.8 Å². The summed E-state index contributed by atoms with van der Waals surface area (Å²) in [7, 11) is 6.17. The monoisotopic (exact) mass is 1020 g/mol. The van der Waals surface area contributed by atoms with Gasteiger partial charge in [-0.3, -0.25) is 9.59 Å². The zero-order valence-electron chi connectivity index (χ0n) is 41.9. The van der Waals surface area contributed by atoms with Crippen LogP contribution in [0.25, 0.3) is 43.8 Å². The zero-order valence-corrected chi connectivity index (χ0v) is 41.9. The van der Waals surface area contributed by atoms with Crippen molar-refractivity contribution in [3.8, 4) is 85.5 Å². The number of ether oxygens (including phenoxy) is 9. The number of amides is 2. The Morgan fingerprint density at radius 2 is 0.934 bits per heavy atom. The predicted octanol–water partition coefficient (Wildman–Crippen LogP) is 10.1. The van der Waals surface area contributed by atoms with Crippen molar-refractivity contribution in [3.05, 3.63) is 148 Å². The lowest BCUT2D eigenvalue weighted by molar-refractivity contribution is 0.0778. The van der Waals surface area contributed by atoms with E-state index in [1.807, 2.05) is 85.8 Å². The molecule has 0 saturated carbocycles. The first-order chi connectivity index (χ1) is 37.0. The summed E-state index contributed by atoms with van der Waals surface area (Å²) in [6, 6.07) is 31.8. The highest BCUT2D eigenvalue weighted by molar-refractivity contribution is 6.17. The number of rotatable bonds is 10. The van der Waals surface area contributed by atoms with E-state index in [2.05, 4.69) is 10.2 Å². The Hall–Kier alpha value is -9.64. The number of hydrazone groups is 2. The number of carbonyl (C=O) groups excluding carboxylic acids is 2. The molecule has 0 fully saturated rings. The molecule has 17 heteroatoms. The Morgan fingerprint density at radius 3 is 1.42 bits per heavy atom. The van der Waals surface area contributed by atoms with Crippen molar-refractivity contribution in [1.29, 1.82) is 0 Å². The molecule has 76 heavy (non-hydrogen) atoms. The fraction of sp³-hybridized carbons (Fsp3) is 0.186. The third-order valence-corrected chi connectivity index (χ3v) is 14.1. The lowest BCUT2D eigenvalue weighted by Crippen LogP contribution is -2.18. The number of phenolic OH excluding ortho intramolecular Hbond substituents is 2. The van der Waals surface area contributed by atoms with Gasteiger partial charge in [-0.05, 0) is 100 Å². The Kier molecular flexibility index (Phi) is 11.8. The van der Waals surface area contributed by atoms with Gasteiger partial charge in [0.1, 0.15) is 17.2 Å². The van der Waals surface area contributed by atoms with Crippen LogP contribution in [0.4, 0.5) is 0 Å². The maximum absolute atomic E-state index is 13.9. The number of benzene rings is 8. The fourth-order valence-electron chi connectivity index (χ4n) is 10.3. The van der Waals surface area contributed by atoms with Crippen LogP contribution in [-0.2, 0) is 19.5 Å². The fourth-order valence-corrected chi connectivity index (χ4v) is 10.3. The molecule has 8 aromatic rings. The van der Waals surface area contributed by atoms with Gasteiger partial charge >= 0.3 is 0 Å². The Morgan fingerprint density at radius 1 is 0.487 bits per heavy atom. The average Bonchev–Trinajstić information content (AvgIpc) is 4.46. The highest BCUT2D eigenvalue weighted by Gasteiger charge is 2.38. The maximum atomic E-state index is 13.9. The summed E-state index contributed by atoms with van der Waals surface area (Å²) in [6.45, 7) is 3.19. The number of nitrogens with zero attached hydrogens (tertiary/aromatic N) is 4. The molecule has 2 amide bonds. The highest BCUT2D eigenvalue weighted by Crippen LogP contribution is 2.51. The molecule has 0 aromatic heterocycles. The molecule has 13 rings (SSSR count). The lowest BCUT2D eigenvalue weighted by atomic mass is 9.89. The molecule has 0 radical (unpaired) electrons. The molecular weight excluding hydrogens is 973 g/mol. The molecule has 0 unspecified atom stereocenters. The topological polar surface area (TPSA) is 189 Å². The normalized spacial score (nSPS) is 14.6. The first-order valence-electron chi connectivity index (χ1n) is 24.2. The van der Waals surface area contributed by atoms with Crippen LogP contribution in [0.15, 0.2) is 113 Å². The Balaban J connectivity index is 0.000000153. The maximum Gasteiger partial charge on any atom is 0.275 e. The van der Waals surface area contributed by atoms with Gasteiger partial charge in [-0.15, -0.1) is 0 Å². The summed E-state index contributed by atoms with van der Waals surface area (Å²) in [5, 5.41) is 36.8. The van der Waals surface area contributed by atoms with Crippen LogP contribution in [0.1, 0.15) is 54.1 Å². The van der Waals surface area contributed by atoms with Crippen LogP contribution in [0.3, 0.4) is 0 Å². The molecule has 5 aliphatic heterocycles.